The van der Waals surface area contributed by atoms with Crippen LogP contribution in [0.4, 0.5) is 0 Å². The predicted molar refractivity (Wildman–Crippen MR) is 102 cm³/mol. The molecular formula is C22H20O8. The number of esters is 2. The molecule has 0 amide bonds. The molecular weight excluding hydrogens is 392 g/mol. The fourth-order valence-corrected chi connectivity index (χ4v) is 3.66. The number of hydrogen-bond donors (Lipinski definition) is 0. The number of fused-ring (bicyclic) bond motifs is 1. The Hall–Kier alpha value is -3.55. The molecule has 2 aliphatic rings. The molecule has 2 aliphatic heterocycles. The summed E-state index contributed by atoms with van der Waals surface area (Å²) < 4.78 is 26.4. The molecule has 1 fully saturated rings. The predicted octanol–water partition coefficient (Wildman–Crippen LogP) is 2.70. The molecule has 2 aromatic carbocycles. The number of ketones is 1. The molecule has 0 spiro atoms. The number of carbonyl (C=O) groups is 3. The van der Waals surface area contributed by atoms with Crippen molar-refractivity contribution >= 4 is 17.7 Å². The van der Waals surface area contributed by atoms with Crippen molar-refractivity contribution in [2.75, 3.05) is 20.5 Å². The monoisotopic (exact) mass is 412 g/mol. The lowest BCUT2D eigenvalue weighted by Crippen LogP contribution is -2.33. The topological polar surface area (TPSA) is 97.4 Å². The largest absolute Gasteiger partial charge is 0.497 e. The van der Waals surface area contributed by atoms with E-state index in [1.165, 1.54) is 19.2 Å². The molecule has 4 rings (SSSR count). The van der Waals surface area contributed by atoms with Crippen molar-refractivity contribution < 1.29 is 38.1 Å². The first-order valence-corrected chi connectivity index (χ1v) is 9.48. The molecule has 0 aromatic heterocycles. The number of benzene rings is 2. The molecule has 0 saturated carbocycles. The van der Waals surface area contributed by atoms with Crippen molar-refractivity contribution in [3.63, 3.8) is 0 Å². The SMILES string of the molecule is CCOC(=O)[C@H]1[C@H](C(=O)c2ccc3c(c2)OCO3)C(=O)O[C@H]1c1ccc(OC)cc1. The quantitative estimate of drug-likeness (QED) is 0.406. The molecule has 2 aromatic rings. The van der Waals surface area contributed by atoms with E-state index in [0.717, 1.165) is 0 Å². The van der Waals surface area contributed by atoms with Crippen LogP contribution < -0.4 is 14.2 Å². The van der Waals surface area contributed by atoms with Crippen LogP contribution in [0.15, 0.2) is 42.5 Å². The highest BCUT2D eigenvalue weighted by Crippen LogP contribution is 2.43. The Labute approximate surface area is 172 Å². The molecule has 8 heteroatoms. The average Bonchev–Trinajstić information content (AvgIpc) is 3.37. The van der Waals surface area contributed by atoms with Gasteiger partial charge in [-0.3, -0.25) is 14.4 Å². The number of carbonyl (C=O) groups excluding carboxylic acids is 3. The van der Waals surface area contributed by atoms with Crippen molar-refractivity contribution in [1.82, 2.24) is 0 Å². The van der Waals surface area contributed by atoms with E-state index in [1.807, 2.05) is 0 Å². The molecule has 0 unspecified atom stereocenters. The summed E-state index contributed by atoms with van der Waals surface area (Å²) in [5, 5.41) is 0. The van der Waals surface area contributed by atoms with Gasteiger partial charge in [-0.15, -0.1) is 0 Å². The Balaban J connectivity index is 1.68. The maximum absolute atomic E-state index is 13.2. The summed E-state index contributed by atoms with van der Waals surface area (Å²) in [4.78, 5) is 38.7. The van der Waals surface area contributed by atoms with Crippen LogP contribution in [0.2, 0.25) is 0 Å². The van der Waals surface area contributed by atoms with Gasteiger partial charge in [0.1, 0.15) is 23.7 Å². The van der Waals surface area contributed by atoms with Gasteiger partial charge in [0.15, 0.2) is 17.3 Å². The maximum atomic E-state index is 13.2. The molecule has 30 heavy (non-hydrogen) atoms. The molecule has 8 nitrogen and oxygen atoms in total. The van der Waals surface area contributed by atoms with Gasteiger partial charge in [0.25, 0.3) is 0 Å². The second kappa shape index (κ2) is 8.06. The molecule has 156 valence electrons. The Morgan fingerprint density at radius 2 is 1.80 bits per heavy atom. The van der Waals surface area contributed by atoms with E-state index in [0.29, 0.717) is 22.8 Å². The third kappa shape index (κ3) is 3.45. The second-order valence-electron chi connectivity index (χ2n) is 6.82. The van der Waals surface area contributed by atoms with Gasteiger partial charge in [0, 0.05) is 5.56 Å². The summed E-state index contributed by atoms with van der Waals surface area (Å²) in [6, 6.07) is 11.4. The molecule has 0 bridgehead atoms. The molecule has 1 saturated heterocycles. The van der Waals surface area contributed by atoms with Crippen molar-refractivity contribution in [2.45, 2.75) is 13.0 Å². The van der Waals surface area contributed by atoms with Gasteiger partial charge in [0.2, 0.25) is 6.79 Å². The maximum Gasteiger partial charge on any atom is 0.318 e. The Kier molecular flexibility index (Phi) is 5.31. The van der Waals surface area contributed by atoms with Crippen LogP contribution in [0.25, 0.3) is 0 Å². The molecule has 0 radical (unpaired) electrons. The number of rotatable bonds is 6. The highest BCUT2D eigenvalue weighted by molar-refractivity contribution is 6.12. The first-order chi connectivity index (χ1) is 14.5. The van der Waals surface area contributed by atoms with Gasteiger partial charge in [0.05, 0.1) is 13.7 Å². The minimum atomic E-state index is -1.32. The van der Waals surface area contributed by atoms with E-state index < -0.39 is 35.7 Å². The smallest absolute Gasteiger partial charge is 0.318 e. The van der Waals surface area contributed by atoms with Crippen LogP contribution in [0, 0.1) is 11.8 Å². The summed E-state index contributed by atoms with van der Waals surface area (Å²) in [6.45, 7) is 1.83. The van der Waals surface area contributed by atoms with Gasteiger partial charge in [-0.1, -0.05) is 12.1 Å². The lowest BCUT2D eigenvalue weighted by Gasteiger charge is -2.19. The first kappa shape index (κ1) is 19.8. The van der Waals surface area contributed by atoms with Gasteiger partial charge in [-0.05, 0) is 42.8 Å². The standard InChI is InChI=1S/C22H20O8/c1-3-27-21(24)18-17(19(23)13-6-9-15-16(10-13)29-11-28-15)22(25)30-20(18)12-4-7-14(26-2)8-5-12/h4-10,17-18,20H,3,11H2,1-2H3/t17-,18+,20+/m1/s1. The van der Waals surface area contributed by atoms with E-state index in [9.17, 15) is 14.4 Å². The average molecular weight is 412 g/mol. The van der Waals surface area contributed by atoms with E-state index in [-0.39, 0.29) is 19.0 Å². The van der Waals surface area contributed by atoms with E-state index in [1.54, 1.807) is 37.3 Å². The first-order valence-electron chi connectivity index (χ1n) is 9.48. The Morgan fingerprint density at radius 3 is 2.50 bits per heavy atom. The fraction of sp³-hybridized carbons (Fsp3) is 0.318. The summed E-state index contributed by atoms with van der Waals surface area (Å²) in [6.07, 6.45) is -0.939. The van der Waals surface area contributed by atoms with E-state index in [2.05, 4.69) is 0 Å². The highest BCUT2D eigenvalue weighted by atomic mass is 16.7. The van der Waals surface area contributed by atoms with Crippen molar-refractivity contribution in [1.29, 1.82) is 0 Å². The number of hydrogen-bond acceptors (Lipinski definition) is 8. The van der Waals surface area contributed by atoms with Crippen LogP contribution in [-0.2, 0) is 19.1 Å². The Bertz CT molecular complexity index is 981. The zero-order valence-electron chi connectivity index (χ0n) is 16.5. The van der Waals surface area contributed by atoms with Gasteiger partial charge in [-0.2, -0.15) is 0 Å². The summed E-state index contributed by atoms with van der Waals surface area (Å²) in [7, 11) is 1.53. The lowest BCUT2D eigenvalue weighted by molar-refractivity contribution is -0.150. The van der Waals surface area contributed by atoms with Gasteiger partial charge < -0.3 is 23.7 Å². The minimum Gasteiger partial charge on any atom is -0.497 e. The number of Topliss-reactive ketones (excluding diaryl/α,β-unsaturated/α-hetero) is 1. The molecule has 0 N–H and O–H groups in total. The Morgan fingerprint density at radius 1 is 1.07 bits per heavy atom. The summed E-state index contributed by atoms with van der Waals surface area (Å²) >= 11 is 0. The van der Waals surface area contributed by atoms with Crippen LogP contribution >= 0.6 is 0 Å². The van der Waals surface area contributed by atoms with Crippen LogP contribution in [-0.4, -0.2) is 38.2 Å². The fourth-order valence-electron chi connectivity index (χ4n) is 3.66. The number of cyclic esters (lactones) is 1. The van der Waals surface area contributed by atoms with Gasteiger partial charge in [-0.25, -0.2) is 0 Å². The summed E-state index contributed by atoms with van der Waals surface area (Å²) in [5.74, 6) is -2.86. The van der Waals surface area contributed by atoms with Crippen molar-refractivity contribution in [3.8, 4) is 17.2 Å². The third-order valence-electron chi connectivity index (χ3n) is 5.12. The van der Waals surface area contributed by atoms with E-state index >= 15 is 0 Å². The zero-order valence-corrected chi connectivity index (χ0v) is 16.5. The van der Waals surface area contributed by atoms with Crippen molar-refractivity contribution in [2.24, 2.45) is 11.8 Å². The zero-order chi connectivity index (χ0) is 21.3. The highest BCUT2D eigenvalue weighted by Gasteiger charge is 2.54. The summed E-state index contributed by atoms with van der Waals surface area (Å²) in [5.41, 5.74) is 0.800. The second-order valence-corrected chi connectivity index (χ2v) is 6.82. The normalized spacial score (nSPS) is 21.8. The van der Waals surface area contributed by atoms with Crippen LogP contribution in [0.5, 0.6) is 17.2 Å². The third-order valence-corrected chi connectivity index (χ3v) is 5.12. The van der Waals surface area contributed by atoms with E-state index in [4.69, 9.17) is 23.7 Å². The molecule has 3 atom stereocenters. The molecule has 0 aliphatic carbocycles. The molecule has 2 heterocycles. The van der Waals surface area contributed by atoms with Gasteiger partial charge >= 0.3 is 11.9 Å². The van der Waals surface area contributed by atoms with Crippen LogP contribution in [0.1, 0.15) is 28.9 Å². The van der Waals surface area contributed by atoms with Crippen molar-refractivity contribution in [3.05, 3.63) is 53.6 Å². The number of methoxy groups -OCH3 is 1. The minimum absolute atomic E-state index is 0.0590. The lowest BCUT2D eigenvalue weighted by atomic mass is 9.82. The van der Waals surface area contributed by atoms with Crippen LogP contribution in [0.3, 0.4) is 0 Å². The number of ether oxygens (including phenoxy) is 5.